The molecule has 7 aromatic rings. The van der Waals surface area contributed by atoms with Gasteiger partial charge in [0.15, 0.2) is 0 Å². The molecular weight excluding hydrogens is 719 g/mol. The van der Waals surface area contributed by atoms with Gasteiger partial charge in [-0.05, 0) is 103 Å². The molecule has 3 aromatic heterocycles. The van der Waals surface area contributed by atoms with E-state index >= 15 is 0 Å². The van der Waals surface area contributed by atoms with E-state index in [0.717, 1.165) is 50.3 Å². The summed E-state index contributed by atoms with van der Waals surface area (Å²) in [5, 5.41) is 7.35. The number of hydrogen-bond donors (Lipinski definition) is 0. The van der Waals surface area contributed by atoms with Gasteiger partial charge >= 0.3 is 20.4 Å². The molecule has 0 aliphatic heterocycles. The fourth-order valence-corrected chi connectivity index (χ4v) is 7.22. The van der Waals surface area contributed by atoms with Crippen molar-refractivity contribution in [2.45, 2.75) is 87.0 Å². The maximum absolute atomic E-state index is 6.64. The van der Waals surface area contributed by atoms with Crippen molar-refractivity contribution in [3.05, 3.63) is 130 Å². The number of aromatic nitrogens is 4. The van der Waals surface area contributed by atoms with Crippen molar-refractivity contribution < 1.29 is 25.2 Å². The Kier molecular flexibility index (Phi) is 10.1. The van der Waals surface area contributed by atoms with E-state index in [1.807, 2.05) is 16.9 Å². The van der Waals surface area contributed by atoms with Crippen LogP contribution in [0.5, 0.6) is 11.5 Å². The third-order valence-electron chi connectivity index (χ3n) is 9.95. The van der Waals surface area contributed by atoms with Crippen LogP contribution < -0.4 is 4.74 Å². The van der Waals surface area contributed by atoms with Crippen LogP contribution in [0.3, 0.4) is 0 Å². The molecular formula is C45H46N4OPd. The first-order valence-electron chi connectivity index (χ1n) is 17.8. The van der Waals surface area contributed by atoms with Gasteiger partial charge in [0.25, 0.3) is 0 Å². The quantitative estimate of drug-likeness (QED) is 0.114. The van der Waals surface area contributed by atoms with Crippen LogP contribution in [0.1, 0.15) is 98.5 Å². The number of nitrogens with zero attached hydrogens (tertiary/aromatic N) is 4. The smallest absolute Gasteiger partial charge is 0.509 e. The zero-order valence-corrected chi connectivity index (χ0v) is 32.8. The van der Waals surface area contributed by atoms with E-state index in [9.17, 15) is 0 Å². The summed E-state index contributed by atoms with van der Waals surface area (Å²) in [4.78, 5) is 4.80. The Labute approximate surface area is 316 Å². The first-order valence-corrected chi connectivity index (χ1v) is 17.8. The largest absolute Gasteiger partial charge is 2.00 e. The summed E-state index contributed by atoms with van der Waals surface area (Å²) in [6, 6.07) is 32.9. The number of hydrogen-bond acceptors (Lipinski definition) is 3. The summed E-state index contributed by atoms with van der Waals surface area (Å²) >= 11 is 0. The maximum Gasteiger partial charge on any atom is 2.00 e. The minimum atomic E-state index is 0. The summed E-state index contributed by atoms with van der Waals surface area (Å²) < 4.78 is 10.9. The van der Waals surface area contributed by atoms with E-state index in [2.05, 4.69) is 153 Å². The fourth-order valence-electron chi connectivity index (χ4n) is 7.22. The van der Waals surface area contributed by atoms with E-state index in [0.29, 0.717) is 23.3 Å². The van der Waals surface area contributed by atoms with Gasteiger partial charge in [-0.15, -0.1) is 41.3 Å². The molecule has 51 heavy (non-hydrogen) atoms. The molecule has 0 radical (unpaired) electrons. The second kappa shape index (κ2) is 14.3. The van der Waals surface area contributed by atoms with Crippen LogP contribution in [-0.4, -0.2) is 19.3 Å². The molecule has 0 unspecified atom stereocenters. The van der Waals surface area contributed by atoms with Crippen LogP contribution in [0.15, 0.2) is 79.0 Å². The molecule has 6 heteroatoms. The summed E-state index contributed by atoms with van der Waals surface area (Å²) in [6.45, 7) is 22.0. The maximum atomic E-state index is 6.64. The van der Waals surface area contributed by atoms with Gasteiger partial charge in [-0.3, -0.25) is 4.68 Å². The van der Waals surface area contributed by atoms with Crippen LogP contribution in [0, 0.1) is 39.8 Å². The molecule has 0 atom stereocenters. The number of ether oxygens (including phenoxy) is 1. The Bertz CT molecular complexity index is 2370. The van der Waals surface area contributed by atoms with Gasteiger partial charge in [-0.2, -0.15) is 11.2 Å². The summed E-state index contributed by atoms with van der Waals surface area (Å²) in [6.07, 6.45) is 1.90. The van der Waals surface area contributed by atoms with E-state index in [1.165, 1.54) is 33.4 Å². The minimum absolute atomic E-state index is 0. The average Bonchev–Trinajstić information content (AvgIpc) is 3.57. The van der Waals surface area contributed by atoms with Crippen LogP contribution in [0.25, 0.3) is 44.4 Å². The second-order valence-electron chi connectivity index (χ2n) is 14.6. The molecule has 0 saturated carbocycles. The van der Waals surface area contributed by atoms with Crippen LogP contribution in [-0.2, 0) is 20.4 Å². The minimum Gasteiger partial charge on any atom is -0.509 e. The van der Waals surface area contributed by atoms with E-state index in [1.54, 1.807) is 0 Å². The van der Waals surface area contributed by atoms with Gasteiger partial charge in [-0.25, -0.2) is 4.98 Å². The number of aryl methyl sites for hydroxylation is 3. The zero-order chi connectivity index (χ0) is 35.4. The molecule has 262 valence electrons. The molecule has 5 nitrogen and oxygen atoms in total. The van der Waals surface area contributed by atoms with Crippen molar-refractivity contribution in [3.63, 3.8) is 0 Å². The van der Waals surface area contributed by atoms with Crippen LogP contribution >= 0.6 is 0 Å². The number of fused-ring (bicyclic) bond motifs is 3. The molecule has 3 heterocycles. The molecule has 4 aromatic carbocycles. The molecule has 0 saturated heterocycles. The first kappa shape index (κ1) is 36.3. The van der Waals surface area contributed by atoms with E-state index in [-0.39, 0.29) is 26.3 Å². The molecule has 0 spiro atoms. The Morgan fingerprint density at radius 3 is 2.00 bits per heavy atom. The Hall–Kier alpha value is -4.50. The van der Waals surface area contributed by atoms with Crippen molar-refractivity contribution in [1.82, 2.24) is 19.3 Å². The first-order chi connectivity index (χ1) is 23.9. The zero-order valence-electron chi connectivity index (χ0n) is 31.3. The number of benzene rings is 4. The molecule has 0 bridgehead atoms. The standard InChI is InChI=1S/C45H46N4O.Pd/c1-26(2)33-17-18-46-43(23-33)48-41-14-12-11-13-39(41)40-16-15-37(25-42(40)48)50-38-22-35(28(5)6)21-36(24-38)49-32(10)45(31(9)47-49)44-29(7)19-34(27(3)4)20-30(44)8;/h11-23,26-28H,1-10H3;/q-2;+2. The third-order valence-corrected chi connectivity index (χ3v) is 9.95. The van der Waals surface area contributed by atoms with Crippen molar-refractivity contribution in [3.8, 4) is 34.1 Å². The fraction of sp³-hybridized carbons (Fsp3) is 0.289. The van der Waals surface area contributed by atoms with Gasteiger partial charge in [0.2, 0.25) is 0 Å². The monoisotopic (exact) mass is 764 g/mol. The van der Waals surface area contributed by atoms with Gasteiger partial charge in [0, 0.05) is 34.5 Å². The normalized spacial score (nSPS) is 11.7. The van der Waals surface area contributed by atoms with Crippen molar-refractivity contribution >= 4 is 21.8 Å². The summed E-state index contributed by atoms with van der Waals surface area (Å²) in [7, 11) is 0. The Morgan fingerprint density at radius 1 is 0.647 bits per heavy atom. The topological polar surface area (TPSA) is 44.9 Å². The van der Waals surface area contributed by atoms with Gasteiger partial charge in [-0.1, -0.05) is 77.4 Å². The van der Waals surface area contributed by atoms with Crippen LogP contribution in [0.4, 0.5) is 0 Å². The van der Waals surface area contributed by atoms with E-state index in [4.69, 9.17) is 14.8 Å². The number of rotatable bonds is 8. The van der Waals surface area contributed by atoms with E-state index < -0.39 is 0 Å². The number of pyridine rings is 1. The van der Waals surface area contributed by atoms with Gasteiger partial charge < -0.3 is 9.30 Å². The summed E-state index contributed by atoms with van der Waals surface area (Å²) in [5.41, 5.74) is 13.7. The summed E-state index contributed by atoms with van der Waals surface area (Å²) in [5.74, 6) is 3.27. The van der Waals surface area contributed by atoms with Crippen molar-refractivity contribution in [1.29, 1.82) is 0 Å². The average molecular weight is 765 g/mol. The van der Waals surface area contributed by atoms with Gasteiger partial charge in [0.1, 0.15) is 5.82 Å². The predicted octanol–water partition coefficient (Wildman–Crippen LogP) is 12.0. The van der Waals surface area contributed by atoms with Crippen molar-refractivity contribution in [2.75, 3.05) is 0 Å². The van der Waals surface area contributed by atoms with Gasteiger partial charge in [0.05, 0.1) is 5.69 Å². The molecule has 0 aliphatic carbocycles. The molecule has 0 aliphatic rings. The molecule has 0 N–H and O–H groups in total. The molecule has 0 fully saturated rings. The Balaban J connectivity index is 0.00000448. The predicted molar refractivity (Wildman–Crippen MR) is 207 cm³/mol. The molecule has 7 rings (SSSR count). The SMILES string of the molecule is Cc1cc(C(C)C)cc(C)c1-c1c(C)nn(-c2[c-]c(Oc3[c-]c4c(cc3)c3ccccc3n4-c3cc(C(C)C)ccn3)cc(C(C)C)c2)c1C.[Pd+2]. The Morgan fingerprint density at radius 2 is 1.31 bits per heavy atom. The number of para-hydroxylation sites is 1. The van der Waals surface area contributed by atoms with Crippen molar-refractivity contribution in [2.24, 2.45) is 0 Å². The van der Waals surface area contributed by atoms with Crippen LogP contribution in [0.2, 0.25) is 0 Å². The molecule has 0 amide bonds. The third kappa shape index (κ3) is 6.68. The second-order valence-corrected chi connectivity index (χ2v) is 14.6.